The monoisotopic (exact) mass is 548 g/mol. The van der Waals surface area contributed by atoms with Crippen LogP contribution in [0.5, 0.6) is 0 Å². The number of nitrogens with zero attached hydrogens (tertiary/aromatic N) is 6. The lowest BCUT2D eigenvalue weighted by molar-refractivity contribution is -0.384. The number of sulfone groups is 1. The molecule has 0 saturated heterocycles. The number of nitro groups is 2. The Kier molecular flexibility index (Phi) is 7.35. The van der Waals surface area contributed by atoms with E-state index in [9.17, 15) is 38.5 Å². The second-order valence-corrected chi connectivity index (χ2v) is 9.73. The molecule has 39 heavy (non-hydrogen) atoms. The molecule has 4 aromatic carbocycles. The van der Waals surface area contributed by atoms with E-state index in [-0.39, 0.29) is 22.7 Å². The fraction of sp³-hybridized carbons (Fsp3) is 0. The molecule has 0 amide bonds. The lowest BCUT2D eigenvalue weighted by atomic mass is 10.2. The summed E-state index contributed by atoms with van der Waals surface area (Å²) in [5.74, 6) is 0. The molecule has 0 aliphatic rings. The van der Waals surface area contributed by atoms with Crippen molar-refractivity contribution in [2.75, 3.05) is 10.0 Å². The summed E-state index contributed by atoms with van der Waals surface area (Å²) in [4.78, 5) is 43.8. The fourth-order valence-corrected chi connectivity index (χ4v) is 5.03. The SMILES string of the molecule is O=NN(c1ccccc1)c1ccc(S(=O)(=O)c2ccc(N(N=O)c3ccccc3)c([N+](=O)[O-])c2)cc1[N+](=O)[O-]. The normalized spacial score (nSPS) is 10.9. The number of nitro benzene ring substituents is 2. The molecule has 0 unspecified atom stereocenters. The number of rotatable bonds is 10. The molecule has 4 aromatic rings. The van der Waals surface area contributed by atoms with Gasteiger partial charge in [0.15, 0.2) is 0 Å². The number of hydrogen-bond acceptors (Lipinski definition) is 10. The van der Waals surface area contributed by atoms with E-state index in [4.69, 9.17) is 0 Å². The minimum atomic E-state index is -4.54. The summed E-state index contributed by atoms with van der Waals surface area (Å²) in [5, 5.41) is 30.8. The van der Waals surface area contributed by atoms with E-state index in [2.05, 4.69) is 10.6 Å². The van der Waals surface area contributed by atoms with Crippen molar-refractivity contribution in [1.29, 1.82) is 0 Å². The predicted octanol–water partition coefficient (Wildman–Crippen LogP) is 5.97. The van der Waals surface area contributed by atoms with Crippen LogP contribution in [0.1, 0.15) is 0 Å². The number of hydrogen-bond donors (Lipinski definition) is 0. The van der Waals surface area contributed by atoms with Crippen molar-refractivity contribution in [3.63, 3.8) is 0 Å². The predicted molar refractivity (Wildman–Crippen MR) is 140 cm³/mol. The van der Waals surface area contributed by atoms with E-state index < -0.39 is 40.8 Å². The Morgan fingerprint density at radius 3 is 1.26 bits per heavy atom. The van der Waals surface area contributed by atoms with Gasteiger partial charge >= 0.3 is 0 Å². The Balaban J connectivity index is 1.81. The van der Waals surface area contributed by atoms with Crippen LogP contribution in [0.25, 0.3) is 0 Å². The van der Waals surface area contributed by atoms with Crippen LogP contribution in [-0.4, -0.2) is 18.3 Å². The van der Waals surface area contributed by atoms with E-state index in [0.29, 0.717) is 0 Å². The molecule has 0 aromatic heterocycles. The van der Waals surface area contributed by atoms with Gasteiger partial charge in [-0.2, -0.15) is 10.0 Å². The van der Waals surface area contributed by atoms with Crippen molar-refractivity contribution >= 4 is 44.0 Å². The van der Waals surface area contributed by atoms with Crippen LogP contribution in [0.4, 0.5) is 34.1 Å². The largest absolute Gasteiger partial charge is 0.296 e. The van der Waals surface area contributed by atoms with Gasteiger partial charge in [-0.05, 0) is 48.5 Å². The number of nitroso groups, excluding NO2 is 2. The van der Waals surface area contributed by atoms with Crippen molar-refractivity contribution in [3.05, 3.63) is 127 Å². The minimum absolute atomic E-state index is 0.198. The fourth-order valence-electron chi connectivity index (χ4n) is 3.73. The van der Waals surface area contributed by atoms with Crippen molar-refractivity contribution in [1.82, 2.24) is 0 Å². The Hall–Kier alpha value is -5.57. The molecule has 0 N–H and O–H groups in total. The maximum Gasteiger partial charge on any atom is 0.296 e. The molecule has 15 heteroatoms. The molecule has 0 aliphatic carbocycles. The van der Waals surface area contributed by atoms with E-state index in [1.54, 1.807) is 36.4 Å². The van der Waals surface area contributed by atoms with Crippen LogP contribution in [0.3, 0.4) is 0 Å². The van der Waals surface area contributed by atoms with Crippen LogP contribution in [0, 0.1) is 30.0 Å². The average Bonchev–Trinajstić information content (AvgIpc) is 2.95. The zero-order valence-electron chi connectivity index (χ0n) is 19.6. The minimum Gasteiger partial charge on any atom is -0.258 e. The van der Waals surface area contributed by atoms with Crippen LogP contribution >= 0.6 is 0 Å². The highest BCUT2D eigenvalue weighted by Gasteiger charge is 2.30. The molecule has 0 bridgehead atoms. The molecule has 0 heterocycles. The Bertz CT molecular complexity index is 1560. The van der Waals surface area contributed by atoms with Crippen molar-refractivity contribution in [3.8, 4) is 0 Å². The van der Waals surface area contributed by atoms with E-state index in [0.717, 1.165) is 46.4 Å². The molecule has 0 fully saturated rings. The molecule has 4 rings (SSSR count). The van der Waals surface area contributed by atoms with E-state index >= 15 is 0 Å². The molecule has 0 saturated carbocycles. The molecule has 0 radical (unpaired) electrons. The van der Waals surface area contributed by atoms with Crippen LogP contribution in [-0.2, 0) is 9.84 Å². The average molecular weight is 548 g/mol. The maximum atomic E-state index is 13.4. The van der Waals surface area contributed by atoms with Gasteiger partial charge in [-0.25, -0.2) is 8.42 Å². The topological polar surface area (TPSA) is 186 Å². The summed E-state index contributed by atoms with van der Waals surface area (Å²) >= 11 is 0. The van der Waals surface area contributed by atoms with Gasteiger partial charge in [-0.15, -0.1) is 9.81 Å². The summed E-state index contributed by atoms with van der Waals surface area (Å²) in [7, 11) is -4.54. The molecule has 0 spiro atoms. The van der Waals surface area contributed by atoms with Gasteiger partial charge in [0, 0.05) is 12.1 Å². The van der Waals surface area contributed by atoms with Crippen molar-refractivity contribution < 1.29 is 18.3 Å². The molecule has 14 nitrogen and oxygen atoms in total. The van der Waals surface area contributed by atoms with Gasteiger partial charge in [0.1, 0.15) is 11.4 Å². The second kappa shape index (κ2) is 10.8. The zero-order valence-corrected chi connectivity index (χ0v) is 20.4. The number of anilines is 4. The molecular formula is C24H16N6O8S. The van der Waals surface area contributed by atoms with Gasteiger partial charge in [-0.3, -0.25) is 20.2 Å². The van der Waals surface area contributed by atoms with E-state index in [1.165, 1.54) is 24.3 Å². The molecule has 0 atom stereocenters. The highest BCUT2D eigenvalue weighted by Crippen LogP contribution is 2.39. The highest BCUT2D eigenvalue weighted by atomic mass is 32.2. The Morgan fingerprint density at radius 1 is 0.590 bits per heavy atom. The quantitative estimate of drug-likeness (QED) is 0.130. The van der Waals surface area contributed by atoms with Crippen LogP contribution in [0.2, 0.25) is 0 Å². The standard InChI is InChI=1S/C24H16N6O8S/c31-25-27(17-7-3-1-4-8-17)21-13-11-19(15-23(21)29(33)34)39(37,38)20-12-14-22(24(16-20)30(35)36)28(26-32)18-9-5-2-6-10-18/h1-16H. The first-order valence-corrected chi connectivity index (χ1v) is 12.4. The molecule has 196 valence electrons. The maximum absolute atomic E-state index is 13.4. The lowest BCUT2D eigenvalue weighted by Crippen LogP contribution is -2.12. The van der Waals surface area contributed by atoms with Gasteiger partial charge in [0.2, 0.25) is 9.84 Å². The number of benzene rings is 4. The molecular weight excluding hydrogens is 532 g/mol. The third kappa shape index (κ3) is 5.14. The van der Waals surface area contributed by atoms with Crippen molar-refractivity contribution in [2.45, 2.75) is 9.79 Å². The first-order chi connectivity index (χ1) is 18.7. The zero-order chi connectivity index (χ0) is 28.2. The first-order valence-electron chi connectivity index (χ1n) is 10.9. The summed E-state index contributed by atoms with van der Waals surface area (Å²) in [6.07, 6.45) is 0. The van der Waals surface area contributed by atoms with Gasteiger partial charge in [0.05, 0.1) is 41.6 Å². The van der Waals surface area contributed by atoms with Crippen molar-refractivity contribution in [2.24, 2.45) is 10.6 Å². The smallest absolute Gasteiger partial charge is 0.258 e. The third-order valence-electron chi connectivity index (χ3n) is 5.53. The van der Waals surface area contributed by atoms with Gasteiger partial charge in [0.25, 0.3) is 11.4 Å². The summed E-state index contributed by atoms with van der Waals surface area (Å²) in [6, 6.07) is 21.1. The first kappa shape index (κ1) is 26.5. The van der Waals surface area contributed by atoms with Gasteiger partial charge < -0.3 is 0 Å². The summed E-state index contributed by atoms with van der Waals surface area (Å²) in [5.41, 5.74) is -1.68. The summed E-state index contributed by atoms with van der Waals surface area (Å²) in [6.45, 7) is 0. The van der Waals surface area contributed by atoms with Gasteiger partial charge in [-0.1, -0.05) is 36.4 Å². The van der Waals surface area contributed by atoms with Crippen LogP contribution in [0.15, 0.2) is 117 Å². The lowest BCUT2D eigenvalue weighted by Gasteiger charge is -2.17. The third-order valence-corrected chi connectivity index (χ3v) is 7.28. The highest BCUT2D eigenvalue weighted by molar-refractivity contribution is 7.91. The Morgan fingerprint density at radius 2 is 0.949 bits per heavy atom. The van der Waals surface area contributed by atoms with E-state index in [1.807, 2.05) is 0 Å². The Labute approximate surface area is 219 Å². The summed E-state index contributed by atoms with van der Waals surface area (Å²) < 4.78 is 26.8. The second-order valence-electron chi connectivity index (χ2n) is 7.78. The number of para-hydroxylation sites is 2. The molecule has 0 aliphatic heterocycles. The van der Waals surface area contributed by atoms with Crippen LogP contribution < -0.4 is 10.0 Å².